The molecule has 118 valence electrons. The van der Waals surface area contributed by atoms with E-state index in [1.807, 2.05) is 21.8 Å². The molecule has 1 amide bonds. The van der Waals surface area contributed by atoms with Crippen LogP contribution in [0, 0.1) is 0 Å². The Hall–Kier alpha value is -1.11. The van der Waals surface area contributed by atoms with Crippen LogP contribution in [0.4, 0.5) is 0 Å². The first-order valence-corrected chi connectivity index (χ1v) is 7.53. The van der Waals surface area contributed by atoms with Crippen molar-refractivity contribution in [1.29, 1.82) is 0 Å². The average molecular weight is 314 g/mol. The van der Waals surface area contributed by atoms with Gasteiger partial charge < -0.3 is 15.5 Å². The minimum absolute atomic E-state index is 0. The van der Waals surface area contributed by atoms with Crippen molar-refractivity contribution >= 4 is 18.3 Å². The number of nitrogens with one attached hydrogen (secondary N) is 2. The van der Waals surface area contributed by atoms with Gasteiger partial charge in [-0.25, -0.2) is 0 Å². The predicted molar refractivity (Wildman–Crippen MR) is 84.0 cm³/mol. The lowest BCUT2D eigenvalue weighted by Gasteiger charge is -2.33. The molecule has 0 aromatic carbocycles. The standard InChI is InChI=1S/C14H23N5O.ClH/c1-11-9-16-6-8-18(11)14(20)13-4-7-19(17-13)12-3-2-5-15-10-12;/h4,7,11-12,15-16H,2-3,5-6,8-10H2,1H3;1H. The number of hydrogen-bond donors (Lipinski definition) is 2. The van der Waals surface area contributed by atoms with E-state index in [4.69, 9.17) is 0 Å². The number of hydrogen-bond acceptors (Lipinski definition) is 4. The fraction of sp³-hybridized carbons (Fsp3) is 0.714. The maximum Gasteiger partial charge on any atom is 0.274 e. The highest BCUT2D eigenvalue weighted by atomic mass is 35.5. The molecule has 2 saturated heterocycles. The molecule has 2 fully saturated rings. The number of halogens is 1. The Morgan fingerprint density at radius 3 is 2.86 bits per heavy atom. The molecule has 2 N–H and O–H groups in total. The average Bonchev–Trinajstić information content (AvgIpc) is 2.98. The summed E-state index contributed by atoms with van der Waals surface area (Å²) in [6.07, 6.45) is 4.24. The molecule has 21 heavy (non-hydrogen) atoms. The van der Waals surface area contributed by atoms with E-state index in [1.165, 1.54) is 6.42 Å². The van der Waals surface area contributed by atoms with E-state index in [1.54, 1.807) is 0 Å². The van der Waals surface area contributed by atoms with Crippen LogP contribution in [-0.4, -0.2) is 59.4 Å². The van der Waals surface area contributed by atoms with E-state index in [2.05, 4.69) is 22.7 Å². The zero-order chi connectivity index (χ0) is 13.9. The smallest absolute Gasteiger partial charge is 0.274 e. The number of carbonyl (C=O) groups is 1. The van der Waals surface area contributed by atoms with Crippen molar-refractivity contribution in [3.8, 4) is 0 Å². The lowest BCUT2D eigenvalue weighted by atomic mass is 10.1. The predicted octanol–water partition coefficient (Wildman–Crippen LogP) is 0.663. The summed E-state index contributed by atoms with van der Waals surface area (Å²) >= 11 is 0. The maximum absolute atomic E-state index is 12.5. The van der Waals surface area contributed by atoms with Crippen molar-refractivity contribution in [1.82, 2.24) is 25.3 Å². The molecule has 2 aliphatic heterocycles. The van der Waals surface area contributed by atoms with Gasteiger partial charge in [0.25, 0.3) is 5.91 Å². The zero-order valence-corrected chi connectivity index (χ0v) is 13.2. The van der Waals surface area contributed by atoms with E-state index in [0.717, 1.165) is 39.1 Å². The molecule has 0 spiro atoms. The molecule has 0 bridgehead atoms. The lowest BCUT2D eigenvalue weighted by Crippen LogP contribution is -2.52. The van der Waals surface area contributed by atoms with Crippen molar-refractivity contribution in [3.05, 3.63) is 18.0 Å². The minimum atomic E-state index is 0. The number of aromatic nitrogens is 2. The van der Waals surface area contributed by atoms with Crippen LogP contribution in [0.25, 0.3) is 0 Å². The first-order chi connectivity index (χ1) is 9.75. The first-order valence-electron chi connectivity index (χ1n) is 7.53. The molecule has 7 heteroatoms. The van der Waals surface area contributed by atoms with E-state index in [-0.39, 0.29) is 24.4 Å². The summed E-state index contributed by atoms with van der Waals surface area (Å²) in [7, 11) is 0. The summed E-state index contributed by atoms with van der Waals surface area (Å²) in [6, 6.07) is 2.47. The molecule has 3 rings (SSSR count). The fourth-order valence-electron chi connectivity index (χ4n) is 3.00. The van der Waals surface area contributed by atoms with Gasteiger partial charge in [0.15, 0.2) is 0 Å². The topological polar surface area (TPSA) is 62.2 Å². The summed E-state index contributed by atoms with van der Waals surface area (Å²) < 4.78 is 1.95. The molecule has 0 aliphatic carbocycles. The highest BCUT2D eigenvalue weighted by molar-refractivity contribution is 5.92. The van der Waals surface area contributed by atoms with Crippen LogP contribution < -0.4 is 10.6 Å². The van der Waals surface area contributed by atoms with Gasteiger partial charge in [-0.15, -0.1) is 12.4 Å². The molecule has 2 unspecified atom stereocenters. The van der Waals surface area contributed by atoms with Gasteiger partial charge >= 0.3 is 0 Å². The molecular weight excluding hydrogens is 290 g/mol. The van der Waals surface area contributed by atoms with Gasteiger partial charge in [-0.1, -0.05) is 0 Å². The largest absolute Gasteiger partial charge is 0.332 e. The number of amides is 1. The maximum atomic E-state index is 12.5. The van der Waals surface area contributed by atoms with Gasteiger partial charge in [0.2, 0.25) is 0 Å². The molecule has 2 aliphatic rings. The van der Waals surface area contributed by atoms with Gasteiger partial charge in [0.1, 0.15) is 5.69 Å². The highest BCUT2D eigenvalue weighted by Crippen LogP contribution is 2.17. The summed E-state index contributed by atoms with van der Waals surface area (Å²) in [5.74, 6) is 0.0570. The Kier molecular flexibility index (Phi) is 5.61. The third kappa shape index (κ3) is 3.56. The summed E-state index contributed by atoms with van der Waals surface area (Å²) in [5.41, 5.74) is 0.573. The van der Waals surface area contributed by atoms with Crippen LogP contribution >= 0.6 is 12.4 Å². The SMILES string of the molecule is CC1CNCCN1C(=O)c1ccn(C2CCCNC2)n1.Cl. The van der Waals surface area contributed by atoms with E-state index in [9.17, 15) is 4.79 Å². The quantitative estimate of drug-likeness (QED) is 0.842. The Labute approximate surface area is 131 Å². The minimum Gasteiger partial charge on any atom is -0.332 e. The van der Waals surface area contributed by atoms with Crippen molar-refractivity contribution in [3.63, 3.8) is 0 Å². The third-order valence-corrected chi connectivity index (χ3v) is 4.23. The molecular formula is C14H24ClN5O. The van der Waals surface area contributed by atoms with E-state index >= 15 is 0 Å². The summed E-state index contributed by atoms with van der Waals surface area (Å²) in [5, 5.41) is 11.2. The van der Waals surface area contributed by atoms with Gasteiger partial charge in [-0.3, -0.25) is 9.48 Å². The second-order valence-electron chi connectivity index (χ2n) is 5.73. The van der Waals surface area contributed by atoms with E-state index in [0.29, 0.717) is 11.7 Å². The highest BCUT2D eigenvalue weighted by Gasteiger charge is 2.26. The normalized spacial score (nSPS) is 26.2. The Balaban J connectivity index is 0.00000161. The number of piperazine rings is 1. The van der Waals surface area contributed by atoms with Gasteiger partial charge in [-0.2, -0.15) is 5.10 Å². The van der Waals surface area contributed by atoms with Crippen LogP contribution in [0.3, 0.4) is 0 Å². The van der Waals surface area contributed by atoms with Gasteiger partial charge in [0, 0.05) is 38.4 Å². The van der Waals surface area contributed by atoms with Crippen molar-refractivity contribution in [2.24, 2.45) is 0 Å². The summed E-state index contributed by atoms with van der Waals surface area (Å²) in [4.78, 5) is 14.4. The van der Waals surface area contributed by atoms with Crippen molar-refractivity contribution in [2.75, 3.05) is 32.7 Å². The molecule has 0 radical (unpaired) electrons. The van der Waals surface area contributed by atoms with Crippen LogP contribution in [0.5, 0.6) is 0 Å². The third-order valence-electron chi connectivity index (χ3n) is 4.23. The molecule has 1 aromatic rings. The number of piperidine rings is 1. The van der Waals surface area contributed by atoms with Crippen LogP contribution in [0.15, 0.2) is 12.3 Å². The number of carbonyl (C=O) groups excluding carboxylic acids is 1. The second kappa shape index (κ2) is 7.24. The Morgan fingerprint density at radius 1 is 1.33 bits per heavy atom. The number of rotatable bonds is 2. The van der Waals surface area contributed by atoms with E-state index < -0.39 is 0 Å². The lowest BCUT2D eigenvalue weighted by molar-refractivity contribution is 0.0648. The molecule has 0 saturated carbocycles. The van der Waals surface area contributed by atoms with Crippen LogP contribution in [-0.2, 0) is 0 Å². The zero-order valence-electron chi connectivity index (χ0n) is 12.4. The first kappa shape index (κ1) is 16.3. The Bertz CT molecular complexity index is 472. The van der Waals surface area contributed by atoms with Crippen LogP contribution in [0.2, 0.25) is 0 Å². The monoisotopic (exact) mass is 313 g/mol. The Morgan fingerprint density at radius 2 is 2.14 bits per heavy atom. The van der Waals surface area contributed by atoms with Crippen molar-refractivity contribution in [2.45, 2.75) is 31.8 Å². The van der Waals surface area contributed by atoms with Crippen LogP contribution in [0.1, 0.15) is 36.3 Å². The fourth-order valence-corrected chi connectivity index (χ4v) is 3.00. The summed E-state index contributed by atoms with van der Waals surface area (Å²) in [6.45, 7) is 6.59. The van der Waals surface area contributed by atoms with Gasteiger partial charge in [-0.05, 0) is 32.4 Å². The molecule has 6 nitrogen and oxygen atoms in total. The number of nitrogens with zero attached hydrogens (tertiary/aromatic N) is 3. The van der Waals surface area contributed by atoms with Crippen molar-refractivity contribution < 1.29 is 4.79 Å². The molecule has 2 atom stereocenters. The second-order valence-corrected chi connectivity index (χ2v) is 5.73. The molecule has 1 aromatic heterocycles. The molecule has 3 heterocycles. The van der Waals surface area contributed by atoms with Gasteiger partial charge in [0.05, 0.1) is 6.04 Å².